The van der Waals surface area contributed by atoms with Gasteiger partial charge in [-0.15, -0.1) is 5.10 Å². The van der Waals surface area contributed by atoms with Gasteiger partial charge in [0.15, 0.2) is 5.82 Å². The molecule has 2 N–H and O–H groups in total. The Kier molecular flexibility index (Phi) is 3.38. The van der Waals surface area contributed by atoms with E-state index in [1.807, 2.05) is 28.9 Å². The van der Waals surface area contributed by atoms with Gasteiger partial charge in [0.2, 0.25) is 5.91 Å². The summed E-state index contributed by atoms with van der Waals surface area (Å²) in [6.07, 6.45) is 7.06. The Morgan fingerprint density at radius 2 is 2.12 bits per heavy atom. The summed E-state index contributed by atoms with van der Waals surface area (Å²) in [5.41, 5.74) is 1.93. The monoisotopic (exact) mass is 338 g/mol. The third kappa shape index (κ3) is 2.54. The van der Waals surface area contributed by atoms with Gasteiger partial charge in [0.1, 0.15) is 0 Å². The average molecular weight is 338 g/mol. The summed E-state index contributed by atoms with van der Waals surface area (Å²) in [5, 5.41) is 18.5. The molecule has 1 aliphatic heterocycles. The van der Waals surface area contributed by atoms with E-state index in [-0.39, 0.29) is 17.4 Å². The fourth-order valence-electron chi connectivity index (χ4n) is 4.31. The second-order valence-corrected chi connectivity index (χ2v) is 7.63. The molecule has 2 aliphatic carbocycles. The molecule has 1 saturated heterocycles. The number of rotatable bonds is 4. The lowest BCUT2D eigenvalue weighted by atomic mass is 9.71. The molecule has 2 aromatic rings. The number of carbonyl (C=O) groups excluding carboxylic acids is 1. The van der Waals surface area contributed by atoms with Crippen molar-refractivity contribution in [2.45, 2.75) is 50.6 Å². The number of hydrogen-bond acceptors (Lipinski definition) is 5. The van der Waals surface area contributed by atoms with Gasteiger partial charge in [-0.1, -0.05) is 25.0 Å². The first kappa shape index (κ1) is 15.0. The van der Waals surface area contributed by atoms with Gasteiger partial charge in [-0.25, -0.2) is 4.68 Å². The van der Waals surface area contributed by atoms with Gasteiger partial charge in [-0.3, -0.25) is 4.79 Å². The van der Waals surface area contributed by atoms with Gasteiger partial charge in [0.25, 0.3) is 0 Å². The minimum Gasteiger partial charge on any atom is -0.325 e. The summed E-state index contributed by atoms with van der Waals surface area (Å²) in [6, 6.07) is 8.17. The van der Waals surface area contributed by atoms with Crippen molar-refractivity contribution in [2.75, 3.05) is 11.9 Å². The smallest absolute Gasteiger partial charge is 0.242 e. The van der Waals surface area contributed by atoms with Crippen LogP contribution in [0.15, 0.2) is 24.3 Å². The fourth-order valence-corrected chi connectivity index (χ4v) is 4.31. The quantitative estimate of drug-likeness (QED) is 0.892. The predicted molar refractivity (Wildman–Crippen MR) is 92.8 cm³/mol. The number of aromatic nitrogens is 4. The first-order valence-electron chi connectivity index (χ1n) is 9.18. The molecule has 7 nitrogen and oxygen atoms in total. The van der Waals surface area contributed by atoms with Crippen molar-refractivity contribution < 1.29 is 4.79 Å². The Morgan fingerprint density at radius 1 is 1.28 bits per heavy atom. The maximum absolute atomic E-state index is 12.7. The van der Waals surface area contributed by atoms with Gasteiger partial charge >= 0.3 is 0 Å². The van der Waals surface area contributed by atoms with E-state index in [4.69, 9.17) is 0 Å². The Morgan fingerprint density at radius 3 is 2.84 bits per heavy atom. The minimum atomic E-state index is -0.0598. The van der Waals surface area contributed by atoms with Crippen LogP contribution in [0.25, 0.3) is 11.4 Å². The molecule has 5 rings (SSSR count). The van der Waals surface area contributed by atoms with Crippen molar-refractivity contribution in [3.8, 4) is 11.4 Å². The number of carbonyl (C=O) groups is 1. The van der Waals surface area contributed by atoms with E-state index < -0.39 is 0 Å². The van der Waals surface area contributed by atoms with E-state index in [2.05, 4.69) is 26.2 Å². The van der Waals surface area contributed by atoms with Crippen LogP contribution in [-0.4, -0.2) is 38.7 Å². The highest BCUT2D eigenvalue weighted by molar-refractivity contribution is 5.96. The maximum atomic E-state index is 12.7. The summed E-state index contributed by atoms with van der Waals surface area (Å²) in [4.78, 5) is 12.7. The molecule has 0 radical (unpaired) electrons. The highest BCUT2D eigenvalue weighted by Crippen LogP contribution is 2.45. The second-order valence-electron chi connectivity index (χ2n) is 7.63. The summed E-state index contributed by atoms with van der Waals surface area (Å²) in [6.45, 7) is 0.974. The van der Waals surface area contributed by atoms with Gasteiger partial charge in [-0.05, 0) is 48.2 Å². The zero-order valence-corrected chi connectivity index (χ0v) is 14.1. The van der Waals surface area contributed by atoms with E-state index in [1.54, 1.807) is 0 Å². The number of nitrogens with one attached hydrogen (secondary N) is 2. The van der Waals surface area contributed by atoms with Crippen molar-refractivity contribution in [3.05, 3.63) is 24.3 Å². The molecular weight excluding hydrogens is 316 g/mol. The highest BCUT2D eigenvalue weighted by atomic mass is 16.2. The standard InChI is InChI=1S/C18H22N6O/c25-17(15-18(11-19-15)8-1-2-9-18)20-13-5-3-4-12(10-13)16-21-22-23-24(16)14-6-7-14/h3-5,10,14-15,19H,1-2,6-9,11H2,(H,20,25). The third-order valence-corrected chi connectivity index (χ3v) is 5.91. The number of amides is 1. The van der Waals surface area contributed by atoms with Crippen LogP contribution in [0.4, 0.5) is 5.69 Å². The van der Waals surface area contributed by atoms with Crippen LogP contribution in [0, 0.1) is 5.41 Å². The zero-order chi connectivity index (χ0) is 16.9. The van der Waals surface area contributed by atoms with Crippen LogP contribution in [0.3, 0.4) is 0 Å². The summed E-state index contributed by atoms with van der Waals surface area (Å²) >= 11 is 0. The van der Waals surface area contributed by atoms with Gasteiger partial charge in [-0.2, -0.15) is 0 Å². The van der Waals surface area contributed by atoms with Crippen molar-refractivity contribution in [2.24, 2.45) is 5.41 Å². The van der Waals surface area contributed by atoms with Crippen LogP contribution in [0.5, 0.6) is 0 Å². The largest absolute Gasteiger partial charge is 0.325 e. The van der Waals surface area contributed by atoms with Crippen LogP contribution in [0.2, 0.25) is 0 Å². The lowest BCUT2D eigenvalue weighted by Gasteiger charge is -2.47. The molecule has 7 heteroatoms. The fraction of sp³-hybridized carbons (Fsp3) is 0.556. The SMILES string of the molecule is O=C(Nc1cccc(-c2nnnn2C2CC2)c1)C1NCC12CCCC2. The maximum Gasteiger partial charge on any atom is 0.242 e. The van der Waals surface area contributed by atoms with Crippen molar-refractivity contribution >= 4 is 11.6 Å². The Hall–Kier alpha value is -2.28. The first-order chi connectivity index (χ1) is 12.3. The lowest BCUT2D eigenvalue weighted by Crippen LogP contribution is -2.66. The zero-order valence-electron chi connectivity index (χ0n) is 14.1. The molecule has 1 spiro atoms. The van der Waals surface area contributed by atoms with E-state index in [1.165, 1.54) is 12.8 Å². The molecule has 1 amide bonds. The Bertz CT molecular complexity index is 805. The minimum absolute atomic E-state index is 0.0598. The molecule has 2 heterocycles. The topological polar surface area (TPSA) is 84.7 Å². The van der Waals surface area contributed by atoms with Gasteiger partial charge in [0.05, 0.1) is 12.1 Å². The van der Waals surface area contributed by atoms with Crippen LogP contribution in [0.1, 0.15) is 44.6 Å². The lowest BCUT2D eigenvalue weighted by molar-refractivity contribution is -0.125. The Balaban J connectivity index is 1.35. The summed E-state index contributed by atoms with van der Waals surface area (Å²) < 4.78 is 1.89. The molecule has 2 saturated carbocycles. The molecule has 1 aromatic heterocycles. The number of anilines is 1. The van der Waals surface area contributed by atoms with Crippen LogP contribution < -0.4 is 10.6 Å². The number of tetrazole rings is 1. The molecule has 25 heavy (non-hydrogen) atoms. The molecule has 3 fully saturated rings. The van der Waals surface area contributed by atoms with E-state index in [9.17, 15) is 4.79 Å². The Labute approximate surface area is 146 Å². The molecule has 1 unspecified atom stereocenters. The number of benzene rings is 1. The molecule has 1 atom stereocenters. The second kappa shape index (κ2) is 5.62. The van der Waals surface area contributed by atoms with E-state index >= 15 is 0 Å². The van der Waals surface area contributed by atoms with E-state index in [0.717, 1.165) is 49.3 Å². The van der Waals surface area contributed by atoms with E-state index in [0.29, 0.717) is 6.04 Å². The van der Waals surface area contributed by atoms with Crippen LogP contribution >= 0.6 is 0 Å². The number of hydrogen-bond donors (Lipinski definition) is 2. The highest BCUT2D eigenvalue weighted by Gasteiger charge is 2.51. The van der Waals surface area contributed by atoms with Gasteiger partial charge in [0, 0.05) is 23.2 Å². The molecule has 0 bridgehead atoms. The van der Waals surface area contributed by atoms with Crippen molar-refractivity contribution in [3.63, 3.8) is 0 Å². The molecule has 1 aromatic carbocycles. The van der Waals surface area contributed by atoms with Gasteiger partial charge < -0.3 is 10.6 Å². The molecule has 130 valence electrons. The summed E-state index contributed by atoms with van der Waals surface area (Å²) in [7, 11) is 0. The third-order valence-electron chi connectivity index (χ3n) is 5.91. The normalized spacial score (nSPS) is 24.2. The van der Waals surface area contributed by atoms with Crippen molar-refractivity contribution in [1.82, 2.24) is 25.5 Å². The first-order valence-corrected chi connectivity index (χ1v) is 9.18. The summed E-state index contributed by atoms with van der Waals surface area (Å²) in [5.74, 6) is 0.847. The number of nitrogens with zero attached hydrogens (tertiary/aromatic N) is 4. The predicted octanol–water partition coefficient (Wildman–Crippen LogP) is 2.15. The average Bonchev–Trinajstić information content (AvgIpc) is 3.12. The van der Waals surface area contributed by atoms with Crippen molar-refractivity contribution in [1.29, 1.82) is 0 Å². The molecular formula is C18H22N6O. The molecule has 3 aliphatic rings. The van der Waals surface area contributed by atoms with Crippen LogP contribution in [-0.2, 0) is 4.79 Å².